The summed E-state index contributed by atoms with van der Waals surface area (Å²) in [6, 6.07) is 7.03. The molecule has 1 aromatic heterocycles. The lowest BCUT2D eigenvalue weighted by Crippen LogP contribution is -2.12. The second kappa shape index (κ2) is 9.27. The monoisotopic (exact) mass is 394 g/mol. The van der Waals surface area contributed by atoms with Gasteiger partial charge in [-0.2, -0.15) is 0 Å². The standard InChI is InChI=1S/C16H19BrN4O3/c1-2-3-10-21-15(18-19-20-21)11-24-16(23)9-8-14(22)12-4-6-13(17)7-5-12/h4-7H,2-3,8-11H2,1H3. The zero-order valence-corrected chi connectivity index (χ0v) is 15.0. The number of hydrogen-bond donors (Lipinski definition) is 0. The van der Waals surface area contributed by atoms with Gasteiger partial charge in [0.05, 0.1) is 6.42 Å². The summed E-state index contributed by atoms with van der Waals surface area (Å²) in [7, 11) is 0. The van der Waals surface area contributed by atoms with E-state index >= 15 is 0 Å². The van der Waals surface area contributed by atoms with Crippen molar-refractivity contribution < 1.29 is 14.3 Å². The molecule has 0 aliphatic rings. The maximum atomic E-state index is 12.0. The number of carbonyl (C=O) groups excluding carboxylic acids is 2. The SMILES string of the molecule is CCCCn1nnnc1COC(=O)CCC(=O)c1ccc(Br)cc1. The Labute approximate surface area is 148 Å². The van der Waals surface area contributed by atoms with Gasteiger partial charge in [-0.3, -0.25) is 9.59 Å². The van der Waals surface area contributed by atoms with Crippen molar-refractivity contribution in [3.63, 3.8) is 0 Å². The molecule has 0 aliphatic carbocycles. The molecule has 0 atom stereocenters. The average Bonchev–Trinajstić information content (AvgIpc) is 3.04. The lowest BCUT2D eigenvalue weighted by Gasteiger charge is -2.05. The Morgan fingerprint density at radius 1 is 1.21 bits per heavy atom. The van der Waals surface area contributed by atoms with E-state index in [2.05, 4.69) is 38.4 Å². The minimum atomic E-state index is -0.439. The number of ether oxygens (including phenoxy) is 1. The lowest BCUT2D eigenvalue weighted by atomic mass is 10.1. The maximum absolute atomic E-state index is 12.0. The normalized spacial score (nSPS) is 10.6. The van der Waals surface area contributed by atoms with Gasteiger partial charge in [-0.1, -0.05) is 41.4 Å². The van der Waals surface area contributed by atoms with E-state index in [0.717, 1.165) is 17.3 Å². The summed E-state index contributed by atoms with van der Waals surface area (Å²) in [6.45, 7) is 2.78. The van der Waals surface area contributed by atoms with Gasteiger partial charge in [0.25, 0.3) is 0 Å². The third-order valence-corrected chi connectivity index (χ3v) is 3.94. The minimum Gasteiger partial charge on any atom is -0.457 e. The van der Waals surface area contributed by atoms with E-state index in [9.17, 15) is 9.59 Å². The number of rotatable bonds is 9. The van der Waals surface area contributed by atoms with Crippen LogP contribution in [0.4, 0.5) is 0 Å². The van der Waals surface area contributed by atoms with Crippen LogP contribution in [-0.4, -0.2) is 32.0 Å². The van der Waals surface area contributed by atoms with E-state index in [1.807, 2.05) is 0 Å². The molecule has 1 aromatic carbocycles. The summed E-state index contributed by atoms with van der Waals surface area (Å²) in [6.07, 6.45) is 2.12. The molecule has 0 N–H and O–H groups in total. The smallest absolute Gasteiger partial charge is 0.306 e. The molecule has 128 valence electrons. The minimum absolute atomic E-state index is 0.0159. The molecule has 0 radical (unpaired) electrons. The van der Waals surface area contributed by atoms with E-state index in [1.54, 1.807) is 28.9 Å². The number of aryl methyl sites for hydroxylation is 1. The molecule has 0 aliphatic heterocycles. The third-order valence-electron chi connectivity index (χ3n) is 3.41. The zero-order valence-electron chi connectivity index (χ0n) is 13.4. The Bertz CT molecular complexity index is 685. The summed E-state index contributed by atoms with van der Waals surface area (Å²) in [4.78, 5) is 23.8. The van der Waals surface area contributed by atoms with Crippen LogP contribution in [-0.2, 0) is 22.7 Å². The number of hydrogen-bond acceptors (Lipinski definition) is 6. The number of Topliss-reactive ketones (excluding diaryl/α,β-unsaturated/α-hetero) is 1. The van der Waals surface area contributed by atoms with Crippen molar-refractivity contribution in [2.45, 2.75) is 45.8 Å². The molecule has 0 spiro atoms. The third kappa shape index (κ3) is 5.52. The number of tetrazole rings is 1. The van der Waals surface area contributed by atoms with Crippen molar-refractivity contribution in [2.75, 3.05) is 0 Å². The second-order valence-corrected chi connectivity index (χ2v) is 6.18. The van der Waals surface area contributed by atoms with Crippen molar-refractivity contribution in [3.8, 4) is 0 Å². The Morgan fingerprint density at radius 3 is 2.67 bits per heavy atom. The first-order chi connectivity index (χ1) is 11.6. The molecule has 7 nitrogen and oxygen atoms in total. The summed E-state index contributed by atoms with van der Waals surface area (Å²) < 4.78 is 7.68. The Balaban J connectivity index is 1.76. The van der Waals surface area contributed by atoms with Gasteiger partial charge in [0, 0.05) is 23.0 Å². The highest BCUT2D eigenvalue weighted by atomic mass is 79.9. The van der Waals surface area contributed by atoms with E-state index in [1.165, 1.54) is 0 Å². The van der Waals surface area contributed by atoms with Crippen LogP contribution in [0, 0.1) is 0 Å². The first-order valence-electron chi connectivity index (χ1n) is 7.79. The van der Waals surface area contributed by atoms with Crippen molar-refractivity contribution in [1.29, 1.82) is 0 Å². The van der Waals surface area contributed by atoms with Gasteiger partial charge in [0.2, 0.25) is 0 Å². The average molecular weight is 395 g/mol. The van der Waals surface area contributed by atoms with Crippen LogP contribution in [0.5, 0.6) is 0 Å². The molecule has 0 bridgehead atoms. The highest BCUT2D eigenvalue weighted by Crippen LogP contribution is 2.13. The van der Waals surface area contributed by atoms with Gasteiger partial charge in [0.15, 0.2) is 18.2 Å². The molecule has 0 fully saturated rings. The summed E-state index contributed by atoms with van der Waals surface area (Å²) in [5.74, 6) is -0.0197. The van der Waals surface area contributed by atoms with Gasteiger partial charge >= 0.3 is 5.97 Å². The molecule has 0 saturated carbocycles. The van der Waals surface area contributed by atoms with Gasteiger partial charge < -0.3 is 4.74 Å². The molecule has 8 heteroatoms. The predicted octanol–water partition coefficient (Wildman–Crippen LogP) is 2.94. The number of halogens is 1. The van der Waals surface area contributed by atoms with Gasteiger partial charge in [-0.15, -0.1) is 5.10 Å². The van der Waals surface area contributed by atoms with Crippen molar-refractivity contribution in [2.24, 2.45) is 0 Å². The van der Waals surface area contributed by atoms with Crippen LogP contribution in [0.3, 0.4) is 0 Å². The molecule has 0 saturated heterocycles. The number of nitrogens with zero attached hydrogens (tertiary/aromatic N) is 4. The molecule has 0 amide bonds. The number of ketones is 1. The van der Waals surface area contributed by atoms with Gasteiger partial charge in [0.1, 0.15) is 0 Å². The molecule has 0 unspecified atom stereocenters. The predicted molar refractivity (Wildman–Crippen MR) is 90.2 cm³/mol. The lowest BCUT2D eigenvalue weighted by molar-refractivity contribution is -0.145. The number of unbranched alkanes of at least 4 members (excludes halogenated alkanes) is 1. The van der Waals surface area contributed by atoms with Crippen LogP contribution in [0.15, 0.2) is 28.7 Å². The molecule has 2 aromatic rings. The summed E-state index contributed by atoms with van der Waals surface area (Å²) in [5.41, 5.74) is 0.578. The molecule has 24 heavy (non-hydrogen) atoms. The number of esters is 1. The quantitative estimate of drug-likeness (QED) is 0.479. The highest BCUT2D eigenvalue weighted by molar-refractivity contribution is 9.10. The van der Waals surface area contributed by atoms with E-state index in [4.69, 9.17) is 4.74 Å². The van der Waals surface area contributed by atoms with Crippen LogP contribution in [0.1, 0.15) is 48.8 Å². The van der Waals surface area contributed by atoms with E-state index < -0.39 is 5.97 Å². The number of aromatic nitrogens is 4. The second-order valence-electron chi connectivity index (χ2n) is 5.26. The topological polar surface area (TPSA) is 87.0 Å². The number of carbonyl (C=O) groups is 2. The van der Waals surface area contributed by atoms with Gasteiger partial charge in [-0.05, 0) is 29.0 Å². The first-order valence-corrected chi connectivity index (χ1v) is 8.59. The molecule has 2 rings (SSSR count). The zero-order chi connectivity index (χ0) is 17.4. The Kier molecular flexibility index (Phi) is 7.05. The van der Waals surface area contributed by atoms with Crippen molar-refractivity contribution in [1.82, 2.24) is 20.2 Å². The van der Waals surface area contributed by atoms with E-state index in [-0.39, 0.29) is 25.2 Å². The van der Waals surface area contributed by atoms with Crippen molar-refractivity contribution >= 4 is 27.7 Å². The van der Waals surface area contributed by atoms with Crippen LogP contribution in [0.2, 0.25) is 0 Å². The number of benzene rings is 1. The van der Waals surface area contributed by atoms with Crippen LogP contribution < -0.4 is 0 Å². The largest absolute Gasteiger partial charge is 0.457 e. The summed E-state index contributed by atoms with van der Waals surface area (Å²) >= 11 is 3.31. The first kappa shape index (κ1) is 18.3. The van der Waals surface area contributed by atoms with Crippen LogP contribution in [0.25, 0.3) is 0 Å². The van der Waals surface area contributed by atoms with E-state index in [0.29, 0.717) is 17.9 Å². The molecular formula is C16H19BrN4O3. The molecular weight excluding hydrogens is 376 g/mol. The highest BCUT2D eigenvalue weighted by Gasteiger charge is 2.12. The fourth-order valence-electron chi connectivity index (χ4n) is 2.02. The maximum Gasteiger partial charge on any atom is 0.306 e. The Morgan fingerprint density at radius 2 is 1.96 bits per heavy atom. The summed E-state index contributed by atoms with van der Waals surface area (Å²) in [5, 5.41) is 11.3. The Hall–Kier alpha value is -2.09. The fourth-order valence-corrected chi connectivity index (χ4v) is 2.29. The molecule has 1 heterocycles. The van der Waals surface area contributed by atoms with Gasteiger partial charge in [-0.25, -0.2) is 4.68 Å². The van der Waals surface area contributed by atoms with Crippen LogP contribution >= 0.6 is 15.9 Å². The van der Waals surface area contributed by atoms with Crippen molar-refractivity contribution in [3.05, 3.63) is 40.1 Å². The fraction of sp³-hybridized carbons (Fsp3) is 0.438.